The Balaban J connectivity index is 1.80. The smallest absolute Gasteiger partial charge is 0.134 e. The number of hydrogen-bond acceptors (Lipinski definition) is 3. The van der Waals surface area contributed by atoms with Crippen LogP contribution in [0.2, 0.25) is 5.02 Å². The summed E-state index contributed by atoms with van der Waals surface area (Å²) in [6, 6.07) is 13.9. The molecule has 0 radical (unpaired) electrons. The number of benzene rings is 2. The molecule has 0 amide bonds. The average Bonchev–Trinajstić information content (AvgIpc) is 2.62. The van der Waals surface area contributed by atoms with Gasteiger partial charge < -0.3 is 15.0 Å². The third kappa shape index (κ3) is 6.98. The quantitative estimate of drug-likeness (QED) is 0.535. The standard InChI is InChI=1S/C20H26BrClN2O/c1-3-24(4-2)12-11-23-14-17-7-10-20(19(21)13-17)25-15-16-5-8-18(22)9-6-16/h5-10,13,23H,3-4,11-12,14-15H2,1-2H3. The Labute approximate surface area is 164 Å². The summed E-state index contributed by atoms with van der Waals surface area (Å²) in [5.74, 6) is 0.849. The minimum Gasteiger partial charge on any atom is -0.488 e. The van der Waals surface area contributed by atoms with E-state index in [2.05, 4.69) is 52.1 Å². The van der Waals surface area contributed by atoms with E-state index >= 15 is 0 Å². The second-order valence-corrected chi connectivity index (χ2v) is 7.17. The van der Waals surface area contributed by atoms with Crippen LogP contribution in [0.1, 0.15) is 25.0 Å². The molecule has 0 fully saturated rings. The first-order valence-corrected chi connectivity index (χ1v) is 9.88. The summed E-state index contributed by atoms with van der Waals surface area (Å²) >= 11 is 9.51. The predicted molar refractivity (Wildman–Crippen MR) is 109 cm³/mol. The summed E-state index contributed by atoms with van der Waals surface area (Å²) in [5.41, 5.74) is 2.34. The van der Waals surface area contributed by atoms with Crippen LogP contribution in [0.25, 0.3) is 0 Å². The highest BCUT2D eigenvalue weighted by molar-refractivity contribution is 9.10. The van der Waals surface area contributed by atoms with Crippen molar-refractivity contribution in [1.82, 2.24) is 10.2 Å². The molecule has 0 unspecified atom stereocenters. The molecule has 0 heterocycles. The van der Waals surface area contributed by atoms with Gasteiger partial charge in [0.15, 0.2) is 0 Å². The SMILES string of the molecule is CCN(CC)CCNCc1ccc(OCc2ccc(Cl)cc2)c(Br)c1. The number of rotatable bonds is 10. The fraction of sp³-hybridized carbons (Fsp3) is 0.400. The molecule has 0 spiro atoms. The maximum Gasteiger partial charge on any atom is 0.134 e. The van der Waals surface area contributed by atoms with E-state index in [4.69, 9.17) is 16.3 Å². The maximum atomic E-state index is 5.90. The zero-order valence-electron chi connectivity index (χ0n) is 14.9. The monoisotopic (exact) mass is 424 g/mol. The Kier molecular flexibility index (Phi) is 8.76. The molecule has 2 rings (SSSR count). The lowest BCUT2D eigenvalue weighted by Crippen LogP contribution is -2.31. The molecule has 136 valence electrons. The molecule has 2 aromatic carbocycles. The Bertz CT molecular complexity index is 645. The Hall–Kier alpha value is -1.07. The Morgan fingerprint density at radius 3 is 2.36 bits per heavy atom. The molecule has 2 aromatic rings. The number of nitrogens with zero attached hydrogens (tertiary/aromatic N) is 1. The van der Waals surface area contributed by atoms with Crippen LogP contribution in [0.5, 0.6) is 5.75 Å². The Morgan fingerprint density at radius 1 is 1.04 bits per heavy atom. The number of ether oxygens (including phenoxy) is 1. The van der Waals surface area contributed by atoms with Gasteiger partial charge in [0, 0.05) is 24.7 Å². The highest BCUT2D eigenvalue weighted by atomic mass is 79.9. The molecule has 0 bridgehead atoms. The molecule has 3 nitrogen and oxygen atoms in total. The molecule has 0 aliphatic rings. The van der Waals surface area contributed by atoms with Crippen LogP contribution < -0.4 is 10.1 Å². The van der Waals surface area contributed by atoms with E-state index in [1.54, 1.807) is 0 Å². The predicted octanol–water partition coefficient (Wildman–Crippen LogP) is 5.11. The lowest BCUT2D eigenvalue weighted by molar-refractivity contribution is 0.301. The lowest BCUT2D eigenvalue weighted by Gasteiger charge is -2.18. The van der Waals surface area contributed by atoms with Crippen LogP contribution >= 0.6 is 27.5 Å². The molecule has 0 aliphatic heterocycles. The fourth-order valence-electron chi connectivity index (χ4n) is 2.52. The van der Waals surface area contributed by atoms with Crippen LogP contribution in [-0.4, -0.2) is 31.1 Å². The molecule has 0 atom stereocenters. The summed E-state index contributed by atoms with van der Waals surface area (Å²) in [7, 11) is 0. The van der Waals surface area contributed by atoms with Crippen LogP contribution in [0, 0.1) is 0 Å². The van der Waals surface area contributed by atoms with Crippen molar-refractivity contribution in [3.05, 3.63) is 63.1 Å². The summed E-state index contributed by atoms with van der Waals surface area (Å²) in [6.45, 7) is 10.1. The average molecular weight is 426 g/mol. The van der Waals surface area contributed by atoms with Crippen LogP contribution in [-0.2, 0) is 13.2 Å². The van der Waals surface area contributed by atoms with E-state index in [0.29, 0.717) is 6.61 Å². The summed E-state index contributed by atoms with van der Waals surface area (Å²) in [5, 5.41) is 4.23. The summed E-state index contributed by atoms with van der Waals surface area (Å²) in [4.78, 5) is 2.41. The van der Waals surface area contributed by atoms with Crippen molar-refractivity contribution >= 4 is 27.5 Å². The molecule has 0 aliphatic carbocycles. The van der Waals surface area contributed by atoms with Crippen molar-refractivity contribution in [2.75, 3.05) is 26.2 Å². The van der Waals surface area contributed by atoms with E-state index in [1.165, 1.54) is 5.56 Å². The van der Waals surface area contributed by atoms with Gasteiger partial charge in [-0.25, -0.2) is 0 Å². The topological polar surface area (TPSA) is 24.5 Å². The van der Waals surface area contributed by atoms with E-state index in [-0.39, 0.29) is 0 Å². The van der Waals surface area contributed by atoms with Gasteiger partial charge in [-0.1, -0.05) is 43.6 Å². The van der Waals surface area contributed by atoms with E-state index < -0.39 is 0 Å². The second-order valence-electron chi connectivity index (χ2n) is 5.88. The number of halogens is 2. The van der Waals surface area contributed by atoms with E-state index in [0.717, 1.165) is 53.5 Å². The van der Waals surface area contributed by atoms with E-state index in [9.17, 15) is 0 Å². The summed E-state index contributed by atoms with van der Waals surface area (Å²) in [6.07, 6.45) is 0. The van der Waals surface area contributed by atoms with Crippen molar-refractivity contribution in [2.45, 2.75) is 27.0 Å². The lowest BCUT2D eigenvalue weighted by atomic mass is 10.2. The van der Waals surface area contributed by atoms with Gasteiger partial charge in [0.1, 0.15) is 12.4 Å². The third-order valence-corrected chi connectivity index (χ3v) is 5.00. The van der Waals surface area contributed by atoms with E-state index in [1.807, 2.05) is 30.3 Å². The molecular weight excluding hydrogens is 400 g/mol. The first kappa shape index (κ1) is 20.2. The Morgan fingerprint density at radius 2 is 1.72 bits per heavy atom. The number of likely N-dealkylation sites (N-methyl/N-ethyl adjacent to an activating group) is 1. The molecule has 0 saturated carbocycles. The van der Waals surface area contributed by atoms with Crippen molar-refractivity contribution < 1.29 is 4.74 Å². The van der Waals surface area contributed by atoms with Gasteiger partial charge in [-0.15, -0.1) is 0 Å². The van der Waals surface area contributed by atoms with Crippen LogP contribution in [0.3, 0.4) is 0 Å². The molecule has 0 aromatic heterocycles. The van der Waals surface area contributed by atoms with Gasteiger partial charge in [-0.3, -0.25) is 0 Å². The first-order valence-electron chi connectivity index (χ1n) is 8.71. The van der Waals surface area contributed by atoms with Crippen molar-refractivity contribution in [1.29, 1.82) is 0 Å². The van der Waals surface area contributed by atoms with Crippen molar-refractivity contribution in [2.24, 2.45) is 0 Å². The van der Waals surface area contributed by atoms with Crippen molar-refractivity contribution in [3.63, 3.8) is 0 Å². The fourth-order valence-corrected chi connectivity index (χ4v) is 3.19. The van der Waals surface area contributed by atoms with Crippen LogP contribution in [0.15, 0.2) is 46.9 Å². The van der Waals surface area contributed by atoms with Crippen LogP contribution in [0.4, 0.5) is 0 Å². The maximum absolute atomic E-state index is 5.90. The van der Waals surface area contributed by atoms with Gasteiger partial charge in [0.25, 0.3) is 0 Å². The second kappa shape index (κ2) is 10.8. The highest BCUT2D eigenvalue weighted by Crippen LogP contribution is 2.27. The first-order chi connectivity index (χ1) is 12.1. The minimum absolute atomic E-state index is 0.525. The zero-order valence-corrected chi connectivity index (χ0v) is 17.2. The minimum atomic E-state index is 0.525. The zero-order chi connectivity index (χ0) is 18.1. The van der Waals surface area contributed by atoms with Gasteiger partial charge in [0.05, 0.1) is 4.47 Å². The van der Waals surface area contributed by atoms with Gasteiger partial charge in [0.2, 0.25) is 0 Å². The van der Waals surface area contributed by atoms with Crippen molar-refractivity contribution in [3.8, 4) is 5.75 Å². The normalized spacial score (nSPS) is 11.1. The molecular formula is C20H26BrClN2O. The third-order valence-electron chi connectivity index (χ3n) is 4.13. The summed E-state index contributed by atoms with van der Waals surface area (Å²) < 4.78 is 6.86. The molecule has 0 saturated heterocycles. The molecule has 25 heavy (non-hydrogen) atoms. The highest BCUT2D eigenvalue weighted by Gasteiger charge is 2.04. The molecule has 5 heteroatoms. The molecule has 1 N–H and O–H groups in total. The number of hydrogen-bond donors (Lipinski definition) is 1. The van der Waals surface area contributed by atoms with Gasteiger partial charge >= 0.3 is 0 Å². The van der Waals surface area contributed by atoms with Gasteiger partial charge in [-0.05, 0) is 64.4 Å². The largest absolute Gasteiger partial charge is 0.488 e. The number of nitrogens with one attached hydrogen (secondary N) is 1. The van der Waals surface area contributed by atoms with Gasteiger partial charge in [-0.2, -0.15) is 0 Å².